The van der Waals surface area contributed by atoms with Crippen molar-refractivity contribution in [2.75, 3.05) is 0 Å². The summed E-state index contributed by atoms with van der Waals surface area (Å²) in [4.78, 5) is 28.1. The highest BCUT2D eigenvalue weighted by atomic mass is 16.6. The first kappa shape index (κ1) is 35.8. The molecule has 2 saturated carbocycles. The molecule has 266 valence electrons. The number of alkyl carbamates (subject to hydrolysis) is 2. The molecule has 2 amide bonds. The lowest BCUT2D eigenvalue weighted by Gasteiger charge is -2.38. The predicted molar refractivity (Wildman–Crippen MR) is 203 cm³/mol. The quantitative estimate of drug-likeness (QED) is 0.185. The van der Waals surface area contributed by atoms with Gasteiger partial charge in [0.2, 0.25) is 0 Å². The van der Waals surface area contributed by atoms with Gasteiger partial charge >= 0.3 is 12.2 Å². The van der Waals surface area contributed by atoms with E-state index in [-0.39, 0.29) is 12.2 Å². The van der Waals surface area contributed by atoms with Gasteiger partial charge in [-0.2, -0.15) is 0 Å². The largest absolute Gasteiger partial charge is 0.446 e. The minimum absolute atomic E-state index is 0.158. The number of carbonyl (C=O) groups is 2. The monoisotopic (exact) mass is 676 g/mol. The van der Waals surface area contributed by atoms with Crippen LogP contribution in [0.1, 0.15) is 103 Å². The van der Waals surface area contributed by atoms with Gasteiger partial charge in [-0.1, -0.05) is 127 Å². The van der Waals surface area contributed by atoms with Crippen molar-refractivity contribution in [3.05, 3.63) is 96.1 Å². The van der Waals surface area contributed by atoms with E-state index in [0.29, 0.717) is 35.5 Å². The fourth-order valence-corrected chi connectivity index (χ4v) is 8.62. The van der Waals surface area contributed by atoms with Gasteiger partial charge in [0.15, 0.2) is 0 Å². The molecule has 0 radical (unpaired) electrons. The third-order valence-electron chi connectivity index (χ3n) is 11.6. The van der Waals surface area contributed by atoms with Crippen molar-refractivity contribution < 1.29 is 19.1 Å². The number of hydrogen-bond donors (Lipinski definition) is 2. The van der Waals surface area contributed by atoms with Gasteiger partial charge in [0.1, 0.15) is 12.2 Å². The standard InChI is InChI=1S/C44H56N2O4/c1-27(2)37-21-15-29(5)23-39(37)49-43(47)45-41(35-19-17-31-11-7-9-13-33(31)25-35)42(36-20-18-32-12-8-10-14-34(32)26-36)46-44(48)50-40-24-30(6)16-22-38(40)28(3)4/h7-14,17-20,25-30,37-42H,15-16,21-24H2,1-6H3,(H,45,47)(H,46,48)/t29-,30-,37+,38+,39-,40-,41-,42-/m1/s1. The highest BCUT2D eigenvalue weighted by Crippen LogP contribution is 2.38. The molecular weight excluding hydrogens is 620 g/mol. The van der Waals surface area contributed by atoms with Crippen LogP contribution in [0.4, 0.5) is 9.59 Å². The van der Waals surface area contributed by atoms with E-state index in [0.717, 1.165) is 71.2 Å². The van der Waals surface area contributed by atoms with E-state index in [1.807, 2.05) is 36.4 Å². The van der Waals surface area contributed by atoms with E-state index in [1.54, 1.807) is 0 Å². The minimum Gasteiger partial charge on any atom is -0.446 e. The van der Waals surface area contributed by atoms with Crippen LogP contribution < -0.4 is 10.6 Å². The zero-order valence-corrected chi connectivity index (χ0v) is 30.7. The summed E-state index contributed by atoms with van der Waals surface area (Å²) in [6, 6.07) is 27.6. The van der Waals surface area contributed by atoms with E-state index in [4.69, 9.17) is 9.47 Å². The summed E-state index contributed by atoms with van der Waals surface area (Å²) in [5, 5.41) is 10.9. The van der Waals surface area contributed by atoms with E-state index < -0.39 is 24.3 Å². The van der Waals surface area contributed by atoms with Crippen LogP contribution in [0.2, 0.25) is 0 Å². The summed E-state index contributed by atoms with van der Waals surface area (Å²) in [7, 11) is 0. The summed E-state index contributed by atoms with van der Waals surface area (Å²) in [6.07, 6.45) is 4.87. The first-order valence-electron chi connectivity index (χ1n) is 19.0. The van der Waals surface area contributed by atoms with Gasteiger partial charge in [0.25, 0.3) is 0 Å². The van der Waals surface area contributed by atoms with Gasteiger partial charge in [0.05, 0.1) is 12.1 Å². The van der Waals surface area contributed by atoms with Crippen LogP contribution in [0.15, 0.2) is 84.9 Å². The molecule has 6 nitrogen and oxygen atoms in total. The van der Waals surface area contributed by atoms with Crippen molar-refractivity contribution in [3.8, 4) is 0 Å². The summed E-state index contributed by atoms with van der Waals surface area (Å²) in [5.74, 6) is 2.45. The molecule has 4 aromatic carbocycles. The minimum atomic E-state index is -0.634. The molecule has 2 aliphatic carbocycles. The fourth-order valence-electron chi connectivity index (χ4n) is 8.62. The Morgan fingerprint density at radius 3 is 1.32 bits per heavy atom. The highest BCUT2D eigenvalue weighted by molar-refractivity contribution is 5.84. The van der Waals surface area contributed by atoms with E-state index in [2.05, 4.69) is 101 Å². The van der Waals surface area contributed by atoms with Crippen LogP contribution in [0.3, 0.4) is 0 Å². The molecule has 0 heterocycles. The summed E-state index contributed by atoms with van der Waals surface area (Å²) >= 11 is 0. The number of nitrogens with one attached hydrogen (secondary N) is 2. The van der Waals surface area contributed by atoms with Crippen LogP contribution >= 0.6 is 0 Å². The number of amides is 2. The summed E-state index contributed by atoms with van der Waals surface area (Å²) in [5.41, 5.74) is 1.76. The number of rotatable bonds is 9. The van der Waals surface area contributed by atoms with Crippen molar-refractivity contribution in [1.29, 1.82) is 0 Å². The Bertz CT molecular complexity index is 1640. The topological polar surface area (TPSA) is 76.7 Å². The van der Waals surface area contributed by atoms with Crippen LogP contribution in [0.25, 0.3) is 21.5 Å². The molecule has 0 saturated heterocycles. The smallest absolute Gasteiger partial charge is 0.407 e. The zero-order valence-electron chi connectivity index (χ0n) is 30.7. The van der Waals surface area contributed by atoms with Crippen LogP contribution in [0, 0.1) is 35.5 Å². The lowest BCUT2D eigenvalue weighted by atomic mass is 9.75. The van der Waals surface area contributed by atoms with Crippen LogP contribution in [0.5, 0.6) is 0 Å². The van der Waals surface area contributed by atoms with E-state index in [9.17, 15) is 9.59 Å². The Hall–Kier alpha value is -4.06. The number of ether oxygens (including phenoxy) is 2. The molecule has 6 rings (SSSR count). The lowest BCUT2D eigenvalue weighted by molar-refractivity contribution is 0.000772. The predicted octanol–water partition coefficient (Wildman–Crippen LogP) is 11.1. The average Bonchev–Trinajstić information content (AvgIpc) is 3.09. The average molecular weight is 677 g/mol. The van der Waals surface area contributed by atoms with Crippen molar-refractivity contribution in [2.45, 2.75) is 104 Å². The Morgan fingerprint density at radius 2 is 0.940 bits per heavy atom. The first-order valence-corrected chi connectivity index (χ1v) is 19.0. The van der Waals surface area contributed by atoms with Crippen molar-refractivity contribution in [2.24, 2.45) is 35.5 Å². The Labute approximate surface area is 298 Å². The lowest BCUT2D eigenvalue weighted by Crippen LogP contribution is -2.45. The van der Waals surface area contributed by atoms with Gasteiger partial charge in [0, 0.05) is 0 Å². The molecule has 6 heteroatoms. The van der Waals surface area contributed by atoms with Gasteiger partial charge in [-0.05, 0) is 106 Å². The summed E-state index contributed by atoms with van der Waals surface area (Å²) < 4.78 is 12.6. The second-order valence-corrected chi connectivity index (χ2v) is 16.0. The molecule has 0 aromatic heterocycles. The third-order valence-corrected chi connectivity index (χ3v) is 11.6. The maximum atomic E-state index is 14.1. The van der Waals surface area contributed by atoms with Gasteiger partial charge in [-0.25, -0.2) is 9.59 Å². The Kier molecular flexibility index (Phi) is 11.3. The molecule has 2 aliphatic rings. The molecule has 2 N–H and O–H groups in total. The van der Waals surface area contributed by atoms with Crippen molar-refractivity contribution >= 4 is 33.7 Å². The third kappa shape index (κ3) is 8.45. The second kappa shape index (κ2) is 15.9. The molecule has 0 spiro atoms. The maximum Gasteiger partial charge on any atom is 0.407 e. The molecule has 0 bridgehead atoms. The Balaban J connectivity index is 1.37. The molecular formula is C44H56N2O4. The van der Waals surface area contributed by atoms with Crippen LogP contribution in [-0.4, -0.2) is 24.4 Å². The van der Waals surface area contributed by atoms with Crippen LogP contribution in [-0.2, 0) is 9.47 Å². The van der Waals surface area contributed by atoms with E-state index in [1.165, 1.54) is 0 Å². The molecule has 8 atom stereocenters. The van der Waals surface area contributed by atoms with Crippen molar-refractivity contribution in [1.82, 2.24) is 10.6 Å². The zero-order chi connectivity index (χ0) is 35.4. The molecule has 4 aromatic rings. The Morgan fingerprint density at radius 1 is 0.560 bits per heavy atom. The highest BCUT2D eigenvalue weighted by Gasteiger charge is 2.37. The molecule has 50 heavy (non-hydrogen) atoms. The van der Waals surface area contributed by atoms with Gasteiger partial charge < -0.3 is 20.1 Å². The number of benzene rings is 4. The normalized spacial score (nSPS) is 25.3. The number of hydrogen-bond acceptors (Lipinski definition) is 4. The van der Waals surface area contributed by atoms with E-state index >= 15 is 0 Å². The van der Waals surface area contributed by atoms with Gasteiger partial charge in [-0.3, -0.25) is 0 Å². The maximum absolute atomic E-state index is 14.1. The molecule has 0 unspecified atom stereocenters. The van der Waals surface area contributed by atoms with Gasteiger partial charge in [-0.15, -0.1) is 0 Å². The number of fused-ring (bicyclic) bond motifs is 2. The first-order chi connectivity index (χ1) is 24.0. The molecule has 0 aliphatic heterocycles. The SMILES string of the molecule is CC(C)[C@@H]1CC[C@@H](C)C[C@H]1OC(=O)N[C@H](c1ccc2ccccc2c1)[C@H](NC(=O)O[C@@H]1C[C@H](C)CC[C@H]1C(C)C)c1ccc2ccccc2c1. The second-order valence-electron chi connectivity index (χ2n) is 16.0. The summed E-state index contributed by atoms with van der Waals surface area (Å²) in [6.45, 7) is 13.4. The molecule has 2 fully saturated rings. The fraction of sp³-hybridized carbons (Fsp3) is 0.500. The van der Waals surface area contributed by atoms with Crippen molar-refractivity contribution in [3.63, 3.8) is 0 Å². The number of carbonyl (C=O) groups excluding carboxylic acids is 2.